The summed E-state index contributed by atoms with van der Waals surface area (Å²) < 4.78 is 39.7. The quantitative estimate of drug-likeness (QED) is 0.762. The molecule has 1 saturated carbocycles. The molecule has 2 aliphatic rings. The highest BCUT2D eigenvalue weighted by molar-refractivity contribution is 7.89. The van der Waals surface area contributed by atoms with Crippen molar-refractivity contribution in [1.82, 2.24) is 14.1 Å². The van der Waals surface area contributed by atoms with Gasteiger partial charge in [0.1, 0.15) is 5.82 Å². The minimum atomic E-state index is -3.65. The molecule has 6 nitrogen and oxygen atoms in total. The number of likely N-dealkylation sites (N-methyl/N-ethyl adjacent to an activating group) is 1. The van der Waals surface area contributed by atoms with E-state index in [1.54, 1.807) is 4.90 Å². The van der Waals surface area contributed by atoms with Gasteiger partial charge in [-0.2, -0.15) is 4.31 Å². The van der Waals surface area contributed by atoms with Crippen LogP contribution in [-0.4, -0.2) is 74.2 Å². The fourth-order valence-electron chi connectivity index (χ4n) is 3.90. The van der Waals surface area contributed by atoms with Crippen LogP contribution in [0.3, 0.4) is 0 Å². The Morgan fingerprint density at radius 3 is 2.26 bits per heavy atom. The summed E-state index contributed by atoms with van der Waals surface area (Å²) >= 11 is 0. The maximum absolute atomic E-state index is 13.0. The zero-order chi connectivity index (χ0) is 19.4. The van der Waals surface area contributed by atoms with Gasteiger partial charge in [0.05, 0.1) is 11.4 Å². The Bertz CT molecular complexity index is 740. The molecule has 150 valence electrons. The van der Waals surface area contributed by atoms with E-state index in [1.165, 1.54) is 35.7 Å². The molecule has 0 unspecified atom stereocenters. The van der Waals surface area contributed by atoms with Crippen LogP contribution >= 0.6 is 0 Å². The van der Waals surface area contributed by atoms with Crippen LogP contribution in [0.4, 0.5) is 4.39 Å². The lowest BCUT2D eigenvalue weighted by molar-refractivity contribution is -0.134. The number of hydrogen-bond donors (Lipinski definition) is 0. The third-order valence-corrected chi connectivity index (χ3v) is 7.54. The molecule has 1 aromatic carbocycles. The summed E-state index contributed by atoms with van der Waals surface area (Å²) in [6.45, 7) is 1.68. The molecule has 1 saturated heterocycles. The van der Waals surface area contributed by atoms with Crippen molar-refractivity contribution in [3.8, 4) is 0 Å². The summed E-state index contributed by atoms with van der Waals surface area (Å²) in [4.78, 5) is 16.6. The van der Waals surface area contributed by atoms with Gasteiger partial charge in [0, 0.05) is 32.2 Å². The first-order valence-corrected chi connectivity index (χ1v) is 11.1. The Hall–Kier alpha value is -1.51. The molecule has 0 atom stereocenters. The normalized spacial score (nSPS) is 20.2. The number of rotatable bonds is 5. The lowest BCUT2D eigenvalue weighted by Crippen LogP contribution is -2.53. The van der Waals surface area contributed by atoms with Gasteiger partial charge in [0.15, 0.2) is 0 Å². The molecule has 1 aliphatic heterocycles. The number of nitrogens with zero attached hydrogens (tertiary/aromatic N) is 3. The summed E-state index contributed by atoms with van der Waals surface area (Å²) in [5.74, 6) is -0.409. The molecule has 0 spiro atoms. The van der Waals surface area contributed by atoms with E-state index < -0.39 is 15.8 Å². The smallest absolute Gasteiger partial charge is 0.243 e. The first-order valence-electron chi connectivity index (χ1n) is 9.61. The van der Waals surface area contributed by atoms with Crippen molar-refractivity contribution in [2.24, 2.45) is 0 Å². The summed E-state index contributed by atoms with van der Waals surface area (Å²) in [6, 6.07) is 5.33. The maximum atomic E-state index is 13.0. The van der Waals surface area contributed by atoms with E-state index in [1.807, 2.05) is 7.05 Å². The van der Waals surface area contributed by atoms with Crippen molar-refractivity contribution in [3.05, 3.63) is 30.1 Å². The van der Waals surface area contributed by atoms with Crippen LogP contribution in [0.2, 0.25) is 0 Å². The molecular formula is C19H28FN3O3S. The number of carbonyl (C=O) groups is 1. The average Bonchev–Trinajstić information content (AvgIpc) is 2.69. The molecule has 1 amide bonds. The van der Waals surface area contributed by atoms with Crippen molar-refractivity contribution < 1.29 is 17.6 Å². The highest BCUT2D eigenvalue weighted by atomic mass is 32.2. The van der Waals surface area contributed by atoms with E-state index in [-0.39, 0.29) is 23.9 Å². The third kappa shape index (κ3) is 4.86. The highest BCUT2D eigenvalue weighted by Crippen LogP contribution is 2.22. The van der Waals surface area contributed by atoms with Gasteiger partial charge in [-0.15, -0.1) is 0 Å². The Morgan fingerprint density at radius 1 is 1.07 bits per heavy atom. The molecule has 1 heterocycles. The second-order valence-corrected chi connectivity index (χ2v) is 9.38. The molecule has 2 fully saturated rings. The highest BCUT2D eigenvalue weighted by Gasteiger charge is 2.31. The van der Waals surface area contributed by atoms with Crippen molar-refractivity contribution in [3.63, 3.8) is 0 Å². The van der Waals surface area contributed by atoms with Crippen LogP contribution in [0, 0.1) is 5.82 Å². The lowest BCUT2D eigenvalue weighted by Gasteiger charge is -2.36. The van der Waals surface area contributed by atoms with E-state index in [4.69, 9.17) is 0 Å². The van der Waals surface area contributed by atoms with Crippen molar-refractivity contribution >= 4 is 15.9 Å². The van der Waals surface area contributed by atoms with Crippen LogP contribution in [-0.2, 0) is 14.8 Å². The number of hydrogen-bond acceptors (Lipinski definition) is 4. The monoisotopic (exact) mass is 397 g/mol. The SMILES string of the molecule is CN(CC(=O)N1CCN(S(=O)(=O)c2ccc(F)cc2)CC1)C1CCCCC1. The number of amides is 1. The lowest BCUT2D eigenvalue weighted by atomic mass is 9.94. The Kier molecular flexibility index (Phi) is 6.49. The first-order chi connectivity index (χ1) is 12.9. The maximum Gasteiger partial charge on any atom is 0.243 e. The Morgan fingerprint density at radius 2 is 1.67 bits per heavy atom. The summed E-state index contributed by atoms with van der Waals surface area (Å²) in [7, 11) is -1.65. The summed E-state index contributed by atoms with van der Waals surface area (Å²) in [5.41, 5.74) is 0. The van der Waals surface area contributed by atoms with Gasteiger partial charge in [-0.3, -0.25) is 9.69 Å². The van der Waals surface area contributed by atoms with Crippen molar-refractivity contribution in [1.29, 1.82) is 0 Å². The van der Waals surface area contributed by atoms with Crippen LogP contribution < -0.4 is 0 Å². The average molecular weight is 398 g/mol. The second-order valence-electron chi connectivity index (χ2n) is 7.45. The number of benzene rings is 1. The third-order valence-electron chi connectivity index (χ3n) is 5.63. The van der Waals surface area contributed by atoms with Crippen LogP contribution in [0.1, 0.15) is 32.1 Å². The van der Waals surface area contributed by atoms with E-state index in [0.717, 1.165) is 25.0 Å². The fourth-order valence-corrected chi connectivity index (χ4v) is 5.32. The van der Waals surface area contributed by atoms with Gasteiger partial charge >= 0.3 is 0 Å². The number of sulfonamides is 1. The molecule has 27 heavy (non-hydrogen) atoms. The molecular weight excluding hydrogens is 369 g/mol. The largest absolute Gasteiger partial charge is 0.339 e. The number of carbonyl (C=O) groups excluding carboxylic acids is 1. The zero-order valence-electron chi connectivity index (χ0n) is 15.8. The van der Waals surface area contributed by atoms with Crippen LogP contribution in [0.15, 0.2) is 29.2 Å². The van der Waals surface area contributed by atoms with Crippen molar-refractivity contribution in [2.45, 2.75) is 43.0 Å². The molecule has 3 rings (SSSR count). The minimum absolute atomic E-state index is 0.0573. The summed E-state index contributed by atoms with van der Waals surface area (Å²) in [5, 5.41) is 0. The minimum Gasteiger partial charge on any atom is -0.339 e. The van der Waals surface area contributed by atoms with Gasteiger partial charge < -0.3 is 4.90 Å². The van der Waals surface area contributed by atoms with Crippen LogP contribution in [0.25, 0.3) is 0 Å². The first kappa shape index (κ1) is 20.2. The molecule has 0 bridgehead atoms. The second kappa shape index (κ2) is 8.67. The van der Waals surface area contributed by atoms with Gasteiger partial charge in [-0.25, -0.2) is 12.8 Å². The Labute approximate surface area is 161 Å². The van der Waals surface area contributed by atoms with Crippen molar-refractivity contribution in [2.75, 3.05) is 39.8 Å². The zero-order valence-corrected chi connectivity index (χ0v) is 16.6. The molecule has 0 radical (unpaired) electrons. The van der Waals surface area contributed by atoms with E-state index >= 15 is 0 Å². The number of piperazine rings is 1. The molecule has 0 aromatic heterocycles. The fraction of sp³-hybridized carbons (Fsp3) is 0.632. The topological polar surface area (TPSA) is 60.9 Å². The van der Waals surface area contributed by atoms with Gasteiger partial charge in [-0.05, 0) is 44.2 Å². The van der Waals surface area contributed by atoms with E-state index in [2.05, 4.69) is 4.90 Å². The van der Waals surface area contributed by atoms with E-state index in [9.17, 15) is 17.6 Å². The van der Waals surface area contributed by atoms with Crippen LogP contribution in [0.5, 0.6) is 0 Å². The van der Waals surface area contributed by atoms with E-state index in [0.29, 0.717) is 25.7 Å². The standard InChI is InChI=1S/C19H28FN3O3S/c1-21(17-5-3-2-4-6-17)15-19(24)22-11-13-23(14-12-22)27(25,26)18-9-7-16(20)8-10-18/h7-10,17H,2-6,11-15H2,1H3. The van der Waals surface area contributed by atoms with Gasteiger partial charge in [-0.1, -0.05) is 19.3 Å². The summed E-state index contributed by atoms with van der Waals surface area (Å²) in [6.07, 6.45) is 6.02. The predicted molar refractivity (Wildman–Crippen MR) is 101 cm³/mol. The predicted octanol–water partition coefficient (Wildman–Crippen LogP) is 1.92. The molecule has 1 aromatic rings. The molecule has 1 aliphatic carbocycles. The molecule has 0 N–H and O–H groups in total. The molecule has 8 heteroatoms. The number of halogens is 1. The van der Waals surface area contributed by atoms with Gasteiger partial charge in [0.25, 0.3) is 0 Å². The van der Waals surface area contributed by atoms with Gasteiger partial charge in [0.2, 0.25) is 15.9 Å². The Balaban J connectivity index is 1.53.